The highest BCUT2D eigenvalue weighted by atomic mass is 32.2. The number of benzene rings is 1. The Labute approximate surface area is 151 Å². The zero-order valence-electron chi connectivity index (χ0n) is 13.9. The first-order chi connectivity index (χ1) is 12.2. The van der Waals surface area contributed by atoms with E-state index < -0.39 is 17.8 Å². The van der Waals surface area contributed by atoms with Crippen molar-refractivity contribution in [3.63, 3.8) is 0 Å². The third-order valence-corrected chi connectivity index (χ3v) is 3.94. The Bertz CT molecular complexity index is 795. The van der Waals surface area contributed by atoms with Gasteiger partial charge in [-0.3, -0.25) is 9.59 Å². The van der Waals surface area contributed by atoms with Crippen LogP contribution < -0.4 is 5.32 Å². The molecule has 2 rings (SSSR count). The van der Waals surface area contributed by atoms with E-state index >= 15 is 0 Å². The first-order valence-corrected chi connectivity index (χ1v) is 8.30. The second kappa shape index (κ2) is 8.17. The van der Waals surface area contributed by atoms with Crippen LogP contribution >= 0.6 is 11.8 Å². The van der Waals surface area contributed by atoms with Gasteiger partial charge in [-0.1, -0.05) is 11.8 Å². The molecular weight excluding hydrogens is 369 g/mol. The maximum absolute atomic E-state index is 12.6. The predicted molar refractivity (Wildman–Crippen MR) is 90.8 cm³/mol. The van der Waals surface area contributed by atoms with Crippen LogP contribution in [0.3, 0.4) is 0 Å². The minimum absolute atomic E-state index is 0.137. The zero-order valence-corrected chi connectivity index (χ0v) is 14.7. The summed E-state index contributed by atoms with van der Waals surface area (Å²) in [5, 5.41) is 2.45. The molecule has 0 aliphatic carbocycles. The Morgan fingerprint density at radius 1 is 1.15 bits per heavy atom. The van der Waals surface area contributed by atoms with Crippen LogP contribution in [0.5, 0.6) is 0 Å². The van der Waals surface area contributed by atoms with Gasteiger partial charge in [-0.15, -0.1) is 0 Å². The predicted octanol–water partition coefficient (Wildman–Crippen LogP) is 2.93. The summed E-state index contributed by atoms with van der Waals surface area (Å²) in [5.74, 6) is -0.748. The molecule has 0 radical (unpaired) electrons. The Morgan fingerprint density at radius 2 is 1.81 bits per heavy atom. The quantitative estimate of drug-likeness (QED) is 0.634. The molecule has 0 saturated heterocycles. The first-order valence-electron chi connectivity index (χ1n) is 7.31. The van der Waals surface area contributed by atoms with Crippen molar-refractivity contribution >= 4 is 29.3 Å². The lowest BCUT2D eigenvalue weighted by Crippen LogP contribution is -2.21. The maximum Gasteiger partial charge on any atom is 0.433 e. The molecule has 1 aromatic carbocycles. The lowest BCUT2D eigenvalue weighted by atomic mass is 10.2. The lowest BCUT2D eigenvalue weighted by Gasteiger charge is -2.11. The summed E-state index contributed by atoms with van der Waals surface area (Å²) in [5.41, 5.74) is -0.118. The van der Waals surface area contributed by atoms with Gasteiger partial charge in [0.1, 0.15) is 5.69 Å². The van der Waals surface area contributed by atoms with Gasteiger partial charge in [0, 0.05) is 31.5 Å². The fourth-order valence-corrected chi connectivity index (χ4v) is 2.48. The van der Waals surface area contributed by atoms with Gasteiger partial charge in [0.05, 0.1) is 5.75 Å². The third-order valence-electron chi connectivity index (χ3n) is 3.08. The van der Waals surface area contributed by atoms with Crippen LogP contribution in [0.25, 0.3) is 0 Å². The zero-order chi connectivity index (χ0) is 19.3. The van der Waals surface area contributed by atoms with Crippen LogP contribution in [0.15, 0.2) is 41.7 Å². The average Bonchev–Trinajstić information content (AvgIpc) is 2.59. The van der Waals surface area contributed by atoms with Crippen molar-refractivity contribution in [3.8, 4) is 0 Å². The molecular formula is C16H15F3N4O2S. The highest BCUT2D eigenvalue weighted by Crippen LogP contribution is 2.28. The minimum Gasteiger partial charge on any atom is -0.345 e. The molecule has 0 aliphatic rings. The minimum atomic E-state index is -4.56. The molecule has 0 unspecified atom stereocenters. The van der Waals surface area contributed by atoms with E-state index in [9.17, 15) is 22.8 Å². The summed E-state index contributed by atoms with van der Waals surface area (Å²) >= 11 is 0.795. The van der Waals surface area contributed by atoms with Crippen LogP contribution in [-0.2, 0) is 11.0 Å². The van der Waals surface area contributed by atoms with E-state index in [0.29, 0.717) is 11.3 Å². The summed E-state index contributed by atoms with van der Waals surface area (Å²) in [4.78, 5) is 32.2. The average molecular weight is 384 g/mol. The van der Waals surface area contributed by atoms with Crippen molar-refractivity contribution in [2.45, 2.75) is 11.3 Å². The van der Waals surface area contributed by atoms with Crippen molar-refractivity contribution in [1.29, 1.82) is 0 Å². The molecule has 0 aliphatic heterocycles. The molecule has 2 amide bonds. The molecule has 0 spiro atoms. The van der Waals surface area contributed by atoms with E-state index in [1.165, 1.54) is 4.90 Å². The van der Waals surface area contributed by atoms with Gasteiger partial charge in [0.25, 0.3) is 5.91 Å². The number of halogens is 3. The number of amides is 2. The normalized spacial score (nSPS) is 11.1. The summed E-state index contributed by atoms with van der Waals surface area (Å²) in [6.07, 6.45) is -3.57. The third kappa shape index (κ3) is 5.45. The smallest absolute Gasteiger partial charge is 0.345 e. The highest BCUT2D eigenvalue weighted by molar-refractivity contribution is 7.99. The number of anilines is 1. The number of carbonyl (C=O) groups excluding carboxylic acids is 2. The number of nitrogens with zero attached hydrogens (tertiary/aromatic N) is 3. The molecule has 0 fully saturated rings. The molecule has 1 heterocycles. The summed E-state index contributed by atoms with van der Waals surface area (Å²) in [6.45, 7) is 0. The number of rotatable bonds is 5. The molecule has 2 aromatic rings. The molecule has 138 valence electrons. The van der Waals surface area contributed by atoms with Crippen molar-refractivity contribution in [2.75, 3.05) is 25.2 Å². The van der Waals surface area contributed by atoms with E-state index in [-0.39, 0.29) is 16.8 Å². The van der Waals surface area contributed by atoms with Gasteiger partial charge < -0.3 is 10.2 Å². The van der Waals surface area contributed by atoms with E-state index in [1.54, 1.807) is 38.4 Å². The fourth-order valence-electron chi connectivity index (χ4n) is 1.85. The Kier molecular flexibility index (Phi) is 6.19. The second-order valence-electron chi connectivity index (χ2n) is 5.34. The molecule has 0 bridgehead atoms. The van der Waals surface area contributed by atoms with Gasteiger partial charge >= 0.3 is 6.18 Å². The maximum atomic E-state index is 12.6. The van der Waals surface area contributed by atoms with E-state index in [4.69, 9.17) is 0 Å². The summed E-state index contributed by atoms with van der Waals surface area (Å²) in [7, 11) is 3.26. The molecule has 0 saturated carbocycles. The molecule has 0 atom stereocenters. The Balaban J connectivity index is 1.92. The largest absolute Gasteiger partial charge is 0.433 e. The summed E-state index contributed by atoms with van der Waals surface area (Å²) < 4.78 is 37.8. The topological polar surface area (TPSA) is 75.2 Å². The van der Waals surface area contributed by atoms with Gasteiger partial charge in [0.15, 0.2) is 5.16 Å². The van der Waals surface area contributed by atoms with Crippen LogP contribution in [0.2, 0.25) is 0 Å². The molecule has 10 heteroatoms. The van der Waals surface area contributed by atoms with Crippen LogP contribution in [0.1, 0.15) is 16.1 Å². The van der Waals surface area contributed by atoms with E-state index in [2.05, 4.69) is 15.3 Å². The number of hydrogen-bond acceptors (Lipinski definition) is 5. The van der Waals surface area contributed by atoms with Gasteiger partial charge in [0.2, 0.25) is 5.91 Å². The number of hydrogen-bond donors (Lipinski definition) is 1. The lowest BCUT2D eigenvalue weighted by molar-refractivity contribution is -0.141. The van der Waals surface area contributed by atoms with Gasteiger partial charge in [-0.2, -0.15) is 13.2 Å². The standard InChI is InChI=1S/C16H15F3N4O2S/c1-23(2)14(25)10-3-5-11(6-4-10)21-13(24)9-26-15-20-8-7-12(22-15)16(17,18)19/h3-8H,9H2,1-2H3,(H,21,24). The SMILES string of the molecule is CN(C)C(=O)c1ccc(NC(=O)CSc2nccc(C(F)(F)F)n2)cc1. The Morgan fingerprint density at radius 3 is 2.38 bits per heavy atom. The number of aromatic nitrogens is 2. The van der Waals surface area contributed by atoms with Crippen LogP contribution in [-0.4, -0.2) is 46.5 Å². The van der Waals surface area contributed by atoms with Crippen molar-refractivity contribution in [3.05, 3.63) is 47.8 Å². The number of thioether (sulfide) groups is 1. The van der Waals surface area contributed by atoms with Crippen LogP contribution in [0, 0.1) is 0 Å². The van der Waals surface area contributed by atoms with Gasteiger partial charge in [-0.05, 0) is 30.3 Å². The number of alkyl halides is 3. The molecule has 26 heavy (non-hydrogen) atoms. The first kappa shape index (κ1) is 19.7. The Hall–Kier alpha value is -2.62. The monoisotopic (exact) mass is 384 g/mol. The molecule has 6 nitrogen and oxygen atoms in total. The van der Waals surface area contributed by atoms with E-state index in [0.717, 1.165) is 24.0 Å². The van der Waals surface area contributed by atoms with Crippen molar-refractivity contribution in [1.82, 2.24) is 14.9 Å². The highest BCUT2D eigenvalue weighted by Gasteiger charge is 2.32. The summed E-state index contributed by atoms with van der Waals surface area (Å²) in [6, 6.07) is 7.04. The molecule has 1 N–H and O–H groups in total. The fraction of sp³-hybridized carbons (Fsp3) is 0.250. The second-order valence-corrected chi connectivity index (χ2v) is 6.28. The number of nitrogens with one attached hydrogen (secondary N) is 1. The van der Waals surface area contributed by atoms with Gasteiger partial charge in [-0.25, -0.2) is 9.97 Å². The molecule has 1 aromatic heterocycles. The van der Waals surface area contributed by atoms with Crippen molar-refractivity contribution in [2.24, 2.45) is 0 Å². The number of carbonyl (C=O) groups is 2. The van der Waals surface area contributed by atoms with Crippen molar-refractivity contribution < 1.29 is 22.8 Å². The van der Waals surface area contributed by atoms with Crippen LogP contribution in [0.4, 0.5) is 18.9 Å². The van der Waals surface area contributed by atoms with E-state index in [1.807, 2.05) is 0 Å².